The van der Waals surface area contributed by atoms with E-state index in [-0.39, 0.29) is 23.0 Å². The number of ether oxygens (including phenoxy) is 1. The Hall–Kier alpha value is -2.15. The second-order valence-corrected chi connectivity index (χ2v) is 12.5. The molecular formula is C25H27F4N3O3S2. The molecule has 200 valence electrons. The monoisotopic (exact) mass is 557 g/mol. The van der Waals surface area contributed by atoms with E-state index in [1.54, 1.807) is 16.7 Å². The molecule has 0 spiro atoms. The molecule has 0 saturated carbocycles. The zero-order valence-electron chi connectivity index (χ0n) is 20.2. The maximum atomic E-state index is 14.3. The number of sulfonamides is 1. The average Bonchev–Trinajstić information content (AvgIpc) is 3.51. The number of thioether (sulfide) groups is 1. The molecule has 3 aromatic rings. The Morgan fingerprint density at radius 2 is 1.84 bits per heavy atom. The van der Waals surface area contributed by atoms with Crippen LogP contribution >= 0.6 is 11.8 Å². The largest absolute Gasteiger partial charge is 0.376 e. The topological polar surface area (TPSA) is 64.4 Å². The Morgan fingerprint density at radius 3 is 2.51 bits per heavy atom. The van der Waals surface area contributed by atoms with Crippen molar-refractivity contribution in [2.75, 3.05) is 19.7 Å². The lowest BCUT2D eigenvalue weighted by Crippen LogP contribution is -2.39. The first-order valence-corrected chi connectivity index (χ1v) is 14.6. The molecule has 0 bridgehead atoms. The van der Waals surface area contributed by atoms with E-state index in [2.05, 4.69) is 4.98 Å². The lowest BCUT2D eigenvalue weighted by molar-refractivity contribution is 0.0960. The number of halogens is 4. The third kappa shape index (κ3) is 5.25. The van der Waals surface area contributed by atoms with Crippen LogP contribution in [0.5, 0.6) is 0 Å². The molecule has 2 aromatic carbocycles. The van der Waals surface area contributed by atoms with Crippen molar-refractivity contribution in [2.24, 2.45) is 5.92 Å². The number of rotatable bonds is 7. The third-order valence-corrected chi connectivity index (χ3v) is 9.76. The van der Waals surface area contributed by atoms with E-state index in [1.165, 1.54) is 10.4 Å². The molecule has 2 fully saturated rings. The second-order valence-electron chi connectivity index (χ2n) is 9.64. The molecule has 2 aliphatic rings. The molecule has 6 nitrogen and oxygen atoms in total. The fourth-order valence-electron chi connectivity index (χ4n) is 4.93. The van der Waals surface area contributed by atoms with Gasteiger partial charge in [0, 0.05) is 37.1 Å². The summed E-state index contributed by atoms with van der Waals surface area (Å²) in [5.41, 5.74) is 0.314. The Kier molecular flexibility index (Phi) is 7.54. The number of imidazole rings is 1. The van der Waals surface area contributed by atoms with Gasteiger partial charge in [-0.25, -0.2) is 31.0 Å². The first kappa shape index (κ1) is 26.5. The molecule has 2 aliphatic heterocycles. The van der Waals surface area contributed by atoms with E-state index in [0.29, 0.717) is 42.4 Å². The highest BCUT2D eigenvalue weighted by Crippen LogP contribution is 2.33. The normalized spacial score (nSPS) is 21.2. The summed E-state index contributed by atoms with van der Waals surface area (Å²) < 4.78 is 91.6. The Balaban J connectivity index is 1.50. The van der Waals surface area contributed by atoms with Gasteiger partial charge in [-0.1, -0.05) is 18.7 Å². The Bertz CT molecular complexity index is 1400. The number of aromatic nitrogens is 2. The molecule has 5 rings (SSSR count). The number of fused-ring (bicyclic) bond motifs is 1. The number of hydrogen-bond donors (Lipinski definition) is 0. The molecule has 2 saturated heterocycles. The van der Waals surface area contributed by atoms with Crippen molar-refractivity contribution in [3.63, 3.8) is 0 Å². The quantitative estimate of drug-likeness (QED) is 0.219. The van der Waals surface area contributed by atoms with E-state index in [0.717, 1.165) is 37.4 Å². The van der Waals surface area contributed by atoms with Crippen LogP contribution in [0.4, 0.5) is 17.6 Å². The van der Waals surface area contributed by atoms with E-state index in [1.807, 2.05) is 6.92 Å². The minimum atomic E-state index is -3.72. The van der Waals surface area contributed by atoms with Crippen LogP contribution in [0.2, 0.25) is 0 Å². The van der Waals surface area contributed by atoms with Gasteiger partial charge in [0.05, 0.1) is 28.6 Å². The summed E-state index contributed by atoms with van der Waals surface area (Å²) in [6, 6.07) is 4.89. The number of hydrogen-bond acceptors (Lipinski definition) is 5. The van der Waals surface area contributed by atoms with Crippen molar-refractivity contribution in [2.45, 2.75) is 61.1 Å². The molecule has 3 heterocycles. The van der Waals surface area contributed by atoms with Gasteiger partial charge in [-0.15, -0.1) is 0 Å². The molecule has 0 aliphatic carbocycles. The summed E-state index contributed by atoms with van der Waals surface area (Å²) in [5.74, 6) is -5.96. The van der Waals surface area contributed by atoms with Crippen molar-refractivity contribution in [3.8, 4) is 0 Å². The fraction of sp³-hybridized carbons (Fsp3) is 0.480. The Labute approximate surface area is 217 Å². The standard InChI is InChI=1S/C25H27F4N3O3S2/c1-15-4-2-8-31(12-15)37(33,34)17-6-7-22-21(10-17)30-25(32(22)13-16-5-3-9-35-16)36-14-18-23(28)19(26)11-20(27)24(18)29/h6-7,10-11,15-16H,2-5,8-9,12-14H2,1H3/t15-,16-/m1/s1. The van der Waals surface area contributed by atoms with E-state index >= 15 is 0 Å². The zero-order valence-corrected chi connectivity index (χ0v) is 21.9. The predicted octanol–water partition coefficient (Wildman–Crippen LogP) is 5.48. The number of piperidine rings is 1. The van der Waals surface area contributed by atoms with Gasteiger partial charge < -0.3 is 9.30 Å². The van der Waals surface area contributed by atoms with Gasteiger partial charge in [0.25, 0.3) is 0 Å². The van der Waals surface area contributed by atoms with Crippen LogP contribution in [-0.2, 0) is 27.1 Å². The first-order chi connectivity index (χ1) is 17.6. The van der Waals surface area contributed by atoms with Crippen LogP contribution in [0.1, 0.15) is 38.2 Å². The van der Waals surface area contributed by atoms with E-state index in [4.69, 9.17) is 4.74 Å². The highest BCUT2D eigenvalue weighted by Gasteiger charge is 2.30. The molecule has 0 radical (unpaired) electrons. The molecule has 37 heavy (non-hydrogen) atoms. The summed E-state index contributed by atoms with van der Waals surface area (Å²) in [4.78, 5) is 4.69. The van der Waals surface area contributed by atoms with Crippen LogP contribution in [0.15, 0.2) is 34.3 Å². The molecule has 0 amide bonds. The van der Waals surface area contributed by atoms with Crippen LogP contribution < -0.4 is 0 Å². The van der Waals surface area contributed by atoms with Crippen LogP contribution in [0.3, 0.4) is 0 Å². The first-order valence-electron chi connectivity index (χ1n) is 12.2. The van der Waals surface area contributed by atoms with Crippen LogP contribution in [-0.4, -0.2) is 48.1 Å². The summed E-state index contributed by atoms with van der Waals surface area (Å²) in [6.07, 6.45) is 3.40. The Morgan fingerprint density at radius 1 is 1.08 bits per heavy atom. The molecule has 2 atom stereocenters. The van der Waals surface area contributed by atoms with Gasteiger partial charge in [-0.3, -0.25) is 0 Å². The SMILES string of the molecule is C[C@@H]1CCCN(S(=O)(=O)c2ccc3c(c2)nc(SCc2c(F)c(F)cc(F)c2F)n3C[C@H]2CCCO2)C1. The maximum Gasteiger partial charge on any atom is 0.243 e. The molecule has 1 aromatic heterocycles. The molecule has 0 N–H and O–H groups in total. The number of nitrogens with zero attached hydrogens (tertiary/aromatic N) is 3. The van der Waals surface area contributed by atoms with E-state index < -0.39 is 44.6 Å². The summed E-state index contributed by atoms with van der Waals surface area (Å²) in [6.45, 7) is 3.96. The van der Waals surface area contributed by atoms with Gasteiger partial charge in [0.2, 0.25) is 10.0 Å². The van der Waals surface area contributed by atoms with Crippen LogP contribution in [0, 0.1) is 29.2 Å². The second kappa shape index (κ2) is 10.5. The highest BCUT2D eigenvalue weighted by molar-refractivity contribution is 7.98. The van der Waals surface area contributed by atoms with Gasteiger partial charge in [-0.05, 0) is 49.8 Å². The smallest absolute Gasteiger partial charge is 0.243 e. The molecule has 12 heteroatoms. The zero-order chi connectivity index (χ0) is 26.3. The highest BCUT2D eigenvalue weighted by atomic mass is 32.2. The number of benzene rings is 2. The summed E-state index contributed by atoms with van der Waals surface area (Å²) in [5, 5.41) is 0.343. The van der Waals surface area contributed by atoms with Gasteiger partial charge in [0.1, 0.15) is 0 Å². The van der Waals surface area contributed by atoms with Crippen molar-refractivity contribution in [1.82, 2.24) is 13.9 Å². The van der Waals surface area contributed by atoms with Gasteiger partial charge in [0.15, 0.2) is 28.4 Å². The summed E-state index contributed by atoms with van der Waals surface area (Å²) in [7, 11) is -3.72. The molecule has 0 unspecified atom stereocenters. The third-order valence-electron chi connectivity index (χ3n) is 6.90. The minimum Gasteiger partial charge on any atom is -0.376 e. The lowest BCUT2D eigenvalue weighted by atomic mass is 10.0. The average molecular weight is 558 g/mol. The fourth-order valence-corrected chi connectivity index (χ4v) is 7.56. The van der Waals surface area contributed by atoms with Crippen molar-refractivity contribution < 1.29 is 30.7 Å². The lowest BCUT2D eigenvalue weighted by Gasteiger charge is -2.30. The van der Waals surface area contributed by atoms with E-state index in [9.17, 15) is 26.0 Å². The van der Waals surface area contributed by atoms with Gasteiger partial charge in [-0.2, -0.15) is 4.31 Å². The molecular weight excluding hydrogens is 530 g/mol. The van der Waals surface area contributed by atoms with Crippen molar-refractivity contribution >= 4 is 32.8 Å². The summed E-state index contributed by atoms with van der Waals surface area (Å²) >= 11 is 0.920. The van der Waals surface area contributed by atoms with Gasteiger partial charge >= 0.3 is 0 Å². The minimum absolute atomic E-state index is 0.102. The van der Waals surface area contributed by atoms with Crippen molar-refractivity contribution in [3.05, 3.63) is 53.1 Å². The van der Waals surface area contributed by atoms with Crippen molar-refractivity contribution in [1.29, 1.82) is 0 Å². The van der Waals surface area contributed by atoms with Crippen LogP contribution in [0.25, 0.3) is 11.0 Å². The predicted molar refractivity (Wildman–Crippen MR) is 132 cm³/mol. The maximum absolute atomic E-state index is 14.3.